The number of phenolic OH excluding ortho intramolecular Hbond substituents is 1. The number of phenols is 1. The van der Waals surface area contributed by atoms with E-state index < -0.39 is 0 Å². The van der Waals surface area contributed by atoms with Crippen LogP contribution in [0.3, 0.4) is 0 Å². The van der Waals surface area contributed by atoms with E-state index in [1.165, 1.54) is 0 Å². The lowest BCUT2D eigenvalue weighted by molar-refractivity contribution is 0.112. The number of rotatable bonds is 3. The zero-order chi connectivity index (χ0) is 13.8. The molecule has 2 aromatic rings. The quantitative estimate of drug-likeness (QED) is 0.671. The highest BCUT2D eigenvalue weighted by molar-refractivity contribution is 5.91. The summed E-state index contributed by atoms with van der Waals surface area (Å²) >= 11 is 0. The molecular weight excluding hydrogens is 238 g/mol. The van der Waals surface area contributed by atoms with E-state index >= 15 is 0 Å². The van der Waals surface area contributed by atoms with Crippen LogP contribution in [-0.4, -0.2) is 17.6 Å². The summed E-state index contributed by atoms with van der Waals surface area (Å²) in [6, 6.07) is 11.2. The minimum atomic E-state index is -0.0297. The van der Waals surface area contributed by atoms with Gasteiger partial charge in [-0.15, -0.1) is 0 Å². The van der Waals surface area contributed by atoms with E-state index in [4.69, 9.17) is 0 Å². The number of aromatic hydroxyl groups is 1. The lowest BCUT2D eigenvalue weighted by atomic mass is 10.1. The van der Waals surface area contributed by atoms with E-state index in [2.05, 4.69) is 4.99 Å². The predicted molar refractivity (Wildman–Crippen MR) is 76.7 cm³/mol. The summed E-state index contributed by atoms with van der Waals surface area (Å²) in [4.78, 5) is 15.2. The Bertz CT molecular complexity index is 645. The third-order valence-electron chi connectivity index (χ3n) is 2.90. The van der Waals surface area contributed by atoms with Gasteiger partial charge in [0.25, 0.3) is 0 Å². The lowest BCUT2D eigenvalue weighted by Gasteiger charge is -2.04. The summed E-state index contributed by atoms with van der Waals surface area (Å²) in [6.07, 6.45) is 2.23. The molecule has 0 saturated heterocycles. The van der Waals surface area contributed by atoms with Crippen LogP contribution in [-0.2, 0) is 0 Å². The minimum absolute atomic E-state index is 0.0297. The van der Waals surface area contributed by atoms with E-state index in [-0.39, 0.29) is 11.3 Å². The summed E-state index contributed by atoms with van der Waals surface area (Å²) in [6.45, 7) is 3.84. The molecule has 0 fully saturated rings. The normalized spacial score (nSPS) is 10.8. The van der Waals surface area contributed by atoms with Gasteiger partial charge in [-0.05, 0) is 43.2 Å². The SMILES string of the molecule is Cc1cc(C=O)c(O)c(C=Nc2ccccc2C)c1. The standard InChI is InChI=1S/C16H15NO2/c1-11-7-13(16(19)14(8-11)10-18)9-17-15-6-4-3-5-12(15)2/h3-10,19H,1-2H3. The Balaban J connectivity index is 2.41. The first-order valence-electron chi connectivity index (χ1n) is 6.00. The molecule has 0 unspecified atom stereocenters. The van der Waals surface area contributed by atoms with Gasteiger partial charge < -0.3 is 5.11 Å². The maximum Gasteiger partial charge on any atom is 0.153 e. The maximum atomic E-state index is 10.9. The van der Waals surface area contributed by atoms with Crippen LogP contribution in [0, 0.1) is 13.8 Å². The van der Waals surface area contributed by atoms with Gasteiger partial charge in [0.2, 0.25) is 0 Å². The molecule has 96 valence electrons. The van der Waals surface area contributed by atoms with Crippen LogP contribution in [0.4, 0.5) is 5.69 Å². The molecule has 0 aliphatic heterocycles. The van der Waals surface area contributed by atoms with Gasteiger partial charge in [0.15, 0.2) is 6.29 Å². The molecule has 2 rings (SSSR count). The van der Waals surface area contributed by atoms with E-state index in [1.807, 2.05) is 38.1 Å². The van der Waals surface area contributed by atoms with E-state index in [0.717, 1.165) is 16.8 Å². The maximum absolute atomic E-state index is 10.9. The number of benzene rings is 2. The van der Waals surface area contributed by atoms with Crippen molar-refractivity contribution in [1.29, 1.82) is 0 Å². The summed E-state index contributed by atoms with van der Waals surface area (Å²) < 4.78 is 0. The third-order valence-corrected chi connectivity index (χ3v) is 2.90. The van der Waals surface area contributed by atoms with Crippen molar-refractivity contribution in [2.45, 2.75) is 13.8 Å². The molecule has 3 nitrogen and oxygen atoms in total. The Kier molecular flexibility index (Phi) is 3.76. The van der Waals surface area contributed by atoms with Crippen molar-refractivity contribution in [3.05, 3.63) is 58.7 Å². The fourth-order valence-electron chi connectivity index (χ4n) is 1.87. The Morgan fingerprint density at radius 1 is 1.11 bits per heavy atom. The Labute approximate surface area is 112 Å². The third kappa shape index (κ3) is 2.88. The van der Waals surface area contributed by atoms with Crippen molar-refractivity contribution in [3.8, 4) is 5.75 Å². The number of nitrogens with zero attached hydrogens (tertiary/aromatic N) is 1. The summed E-state index contributed by atoms with van der Waals surface area (Å²) in [5, 5.41) is 9.94. The van der Waals surface area contributed by atoms with Crippen LogP contribution in [0.1, 0.15) is 27.0 Å². The molecule has 3 heteroatoms. The van der Waals surface area contributed by atoms with Gasteiger partial charge >= 0.3 is 0 Å². The van der Waals surface area contributed by atoms with Crippen LogP contribution < -0.4 is 0 Å². The van der Waals surface area contributed by atoms with Gasteiger partial charge in [-0.25, -0.2) is 0 Å². The highest BCUT2D eigenvalue weighted by Crippen LogP contribution is 2.23. The van der Waals surface area contributed by atoms with Gasteiger partial charge in [0.1, 0.15) is 5.75 Å². The Morgan fingerprint density at radius 2 is 1.79 bits per heavy atom. The zero-order valence-electron chi connectivity index (χ0n) is 10.9. The topological polar surface area (TPSA) is 49.7 Å². The predicted octanol–water partition coefficient (Wildman–Crippen LogP) is 3.57. The monoisotopic (exact) mass is 253 g/mol. The molecule has 0 aromatic heterocycles. The van der Waals surface area contributed by atoms with Gasteiger partial charge in [-0.2, -0.15) is 0 Å². The van der Waals surface area contributed by atoms with Gasteiger partial charge in [-0.3, -0.25) is 9.79 Å². The van der Waals surface area contributed by atoms with Crippen molar-refractivity contribution in [1.82, 2.24) is 0 Å². The number of carbonyl (C=O) groups excluding carboxylic acids is 1. The molecule has 19 heavy (non-hydrogen) atoms. The fourth-order valence-corrected chi connectivity index (χ4v) is 1.87. The van der Waals surface area contributed by atoms with Crippen molar-refractivity contribution >= 4 is 18.2 Å². The highest BCUT2D eigenvalue weighted by Gasteiger charge is 2.06. The first kappa shape index (κ1) is 13.0. The first-order chi connectivity index (χ1) is 9.11. The highest BCUT2D eigenvalue weighted by atomic mass is 16.3. The molecule has 0 spiro atoms. The van der Waals surface area contributed by atoms with Crippen LogP contribution in [0.15, 0.2) is 41.4 Å². The number of hydrogen-bond acceptors (Lipinski definition) is 3. The first-order valence-corrected chi connectivity index (χ1v) is 6.00. The molecule has 0 radical (unpaired) electrons. The fraction of sp³-hybridized carbons (Fsp3) is 0.125. The van der Waals surface area contributed by atoms with Crippen LogP contribution >= 0.6 is 0 Å². The second-order valence-electron chi connectivity index (χ2n) is 4.45. The molecule has 0 aliphatic carbocycles. The molecule has 1 N–H and O–H groups in total. The minimum Gasteiger partial charge on any atom is -0.507 e. The van der Waals surface area contributed by atoms with E-state index in [1.54, 1.807) is 18.3 Å². The Hall–Kier alpha value is -2.42. The van der Waals surface area contributed by atoms with Crippen molar-refractivity contribution in [2.24, 2.45) is 4.99 Å². The van der Waals surface area contributed by atoms with E-state index in [9.17, 15) is 9.90 Å². The number of carbonyl (C=O) groups is 1. The number of hydrogen-bond donors (Lipinski definition) is 1. The molecular formula is C16H15NO2. The lowest BCUT2D eigenvalue weighted by Crippen LogP contribution is -1.91. The number of para-hydroxylation sites is 1. The van der Waals surface area contributed by atoms with Gasteiger partial charge in [0, 0.05) is 11.8 Å². The van der Waals surface area contributed by atoms with Crippen LogP contribution in [0.5, 0.6) is 5.75 Å². The average molecular weight is 253 g/mol. The summed E-state index contributed by atoms with van der Waals surface area (Å²) in [5.41, 5.74) is 3.64. The van der Waals surface area contributed by atoms with Crippen LogP contribution in [0.25, 0.3) is 0 Å². The molecule has 0 saturated carbocycles. The smallest absolute Gasteiger partial charge is 0.153 e. The second-order valence-corrected chi connectivity index (χ2v) is 4.45. The summed E-state index contributed by atoms with van der Waals surface area (Å²) in [7, 11) is 0. The van der Waals surface area contributed by atoms with Gasteiger partial charge in [0.05, 0.1) is 11.3 Å². The molecule has 0 heterocycles. The zero-order valence-corrected chi connectivity index (χ0v) is 10.9. The molecule has 0 amide bonds. The molecule has 2 aromatic carbocycles. The summed E-state index contributed by atoms with van der Waals surface area (Å²) in [5.74, 6) is -0.0297. The number of aryl methyl sites for hydroxylation is 2. The van der Waals surface area contributed by atoms with E-state index in [0.29, 0.717) is 11.8 Å². The van der Waals surface area contributed by atoms with Crippen molar-refractivity contribution in [3.63, 3.8) is 0 Å². The molecule has 0 atom stereocenters. The number of aldehydes is 1. The Morgan fingerprint density at radius 3 is 2.47 bits per heavy atom. The largest absolute Gasteiger partial charge is 0.507 e. The molecule has 0 bridgehead atoms. The average Bonchev–Trinajstić information content (AvgIpc) is 2.41. The number of aliphatic imine (C=N–C) groups is 1. The van der Waals surface area contributed by atoms with Gasteiger partial charge in [-0.1, -0.05) is 18.2 Å². The van der Waals surface area contributed by atoms with Crippen molar-refractivity contribution in [2.75, 3.05) is 0 Å². The van der Waals surface area contributed by atoms with Crippen LogP contribution in [0.2, 0.25) is 0 Å². The second kappa shape index (κ2) is 5.48. The van der Waals surface area contributed by atoms with Crippen molar-refractivity contribution < 1.29 is 9.90 Å². The molecule has 0 aliphatic rings.